The largest absolute Gasteiger partial charge is 0.382 e. The van der Waals surface area contributed by atoms with Crippen LogP contribution in [0.15, 0.2) is 0 Å². The SMILES string of the molecule is CCNCC(CCCOCCOC)C1CCS(=O)(=O)C1. The summed E-state index contributed by atoms with van der Waals surface area (Å²) in [4.78, 5) is 0. The molecule has 0 amide bonds. The Morgan fingerprint density at radius 1 is 1.30 bits per heavy atom. The zero-order valence-corrected chi connectivity index (χ0v) is 13.6. The molecule has 120 valence electrons. The van der Waals surface area contributed by atoms with E-state index in [9.17, 15) is 8.42 Å². The highest BCUT2D eigenvalue weighted by atomic mass is 32.2. The Balaban J connectivity index is 2.29. The quantitative estimate of drug-likeness (QED) is 0.579. The summed E-state index contributed by atoms with van der Waals surface area (Å²) in [5.74, 6) is 1.49. The maximum atomic E-state index is 11.6. The monoisotopic (exact) mass is 307 g/mol. The van der Waals surface area contributed by atoms with Crippen LogP contribution < -0.4 is 5.32 Å². The summed E-state index contributed by atoms with van der Waals surface area (Å²) in [6.07, 6.45) is 2.83. The standard InChI is InChI=1S/C14H29NO4S/c1-3-15-11-13(5-4-7-19-9-8-18-2)14-6-10-20(16,17)12-14/h13-15H,3-12H2,1-2H3. The van der Waals surface area contributed by atoms with Gasteiger partial charge in [0.15, 0.2) is 9.84 Å². The first-order valence-corrected chi connectivity index (χ1v) is 9.39. The van der Waals surface area contributed by atoms with Gasteiger partial charge in [-0.25, -0.2) is 8.42 Å². The van der Waals surface area contributed by atoms with E-state index in [0.29, 0.717) is 36.6 Å². The summed E-state index contributed by atoms with van der Waals surface area (Å²) in [6.45, 7) is 5.91. The van der Waals surface area contributed by atoms with Crippen molar-refractivity contribution in [2.75, 3.05) is 51.5 Å². The van der Waals surface area contributed by atoms with Gasteiger partial charge in [0.25, 0.3) is 0 Å². The van der Waals surface area contributed by atoms with E-state index < -0.39 is 9.84 Å². The lowest BCUT2D eigenvalue weighted by atomic mass is 9.88. The van der Waals surface area contributed by atoms with E-state index in [0.717, 1.165) is 39.0 Å². The van der Waals surface area contributed by atoms with Crippen LogP contribution in [-0.4, -0.2) is 59.9 Å². The van der Waals surface area contributed by atoms with Crippen LogP contribution in [0.4, 0.5) is 0 Å². The number of hydrogen-bond acceptors (Lipinski definition) is 5. The molecule has 5 nitrogen and oxygen atoms in total. The molecule has 1 fully saturated rings. The lowest BCUT2D eigenvalue weighted by Gasteiger charge is -2.22. The van der Waals surface area contributed by atoms with Gasteiger partial charge in [0, 0.05) is 13.7 Å². The Labute approximate surface area is 123 Å². The Hall–Kier alpha value is -0.170. The van der Waals surface area contributed by atoms with Gasteiger partial charge in [0.05, 0.1) is 24.7 Å². The molecule has 0 bridgehead atoms. The highest BCUT2D eigenvalue weighted by Crippen LogP contribution is 2.28. The average molecular weight is 307 g/mol. The molecule has 0 spiro atoms. The van der Waals surface area contributed by atoms with E-state index in [2.05, 4.69) is 12.2 Å². The fourth-order valence-corrected chi connectivity index (χ4v) is 4.64. The summed E-state index contributed by atoms with van der Waals surface area (Å²) >= 11 is 0. The van der Waals surface area contributed by atoms with Crippen molar-refractivity contribution in [3.05, 3.63) is 0 Å². The molecule has 0 aliphatic carbocycles. The van der Waals surface area contributed by atoms with Crippen molar-refractivity contribution in [2.45, 2.75) is 26.2 Å². The number of sulfone groups is 1. The molecule has 2 unspecified atom stereocenters. The van der Waals surface area contributed by atoms with Crippen molar-refractivity contribution in [1.82, 2.24) is 5.32 Å². The van der Waals surface area contributed by atoms with Gasteiger partial charge in [-0.2, -0.15) is 0 Å². The fourth-order valence-electron chi connectivity index (χ4n) is 2.72. The number of rotatable bonds is 11. The molecule has 1 heterocycles. The predicted octanol–water partition coefficient (Wildman–Crippen LogP) is 1.09. The second-order valence-corrected chi connectivity index (χ2v) is 7.71. The van der Waals surface area contributed by atoms with Crippen LogP contribution in [0, 0.1) is 11.8 Å². The summed E-state index contributed by atoms with van der Waals surface area (Å²) in [5.41, 5.74) is 0. The maximum Gasteiger partial charge on any atom is 0.150 e. The summed E-state index contributed by atoms with van der Waals surface area (Å²) in [5, 5.41) is 3.36. The van der Waals surface area contributed by atoms with E-state index in [1.807, 2.05) is 0 Å². The van der Waals surface area contributed by atoms with Crippen LogP contribution >= 0.6 is 0 Å². The molecule has 0 aromatic heterocycles. The maximum absolute atomic E-state index is 11.6. The van der Waals surface area contributed by atoms with Gasteiger partial charge in [-0.15, -0.1) is 0 Å². The zero-order chi connectivity index (χ0) is 14.8. The third-order valence-electron chi connectivity index (χ3n) is 3.89. The molecular formula is C14H29NO4S. The average Bonchev–Trinajstić information content (AvgIpc) is 2.77. The molecule has 6 heteroatoms. The first-order valence-electron chi connectivity index (χ1n) is 7.57. The lowest BCUT2D eigenvalue weighted by molar-refractivity contribution is 0.0662. The van der Waals surface area contributed by atoms with E-state index >= 15 is 0 Å². The first kappa shape index (κ1) is 17.9. The Morgan fingerprint density at radius 3 is 2.70 bits per heavy atom. The van der Waals surface area contributed by atoms with Gasteiger partial charge in [0.2, 0.25) is 0 Å². The topological polar surface area (TPSA) is 64.6 Å². The Morgan fingerprint density at radius 2 is 2.10 bits per heavy atom. The van der Waals surface area contributed by atoms with E-state index in [-0.39, 0.29) is 0 Å². The van der Waals surface area contributed by atoms with Crippen LogP contribution in [0.25, 0.3) is 0 Å². The van der Waals surface area contributed by atoms with E-state index in [1.165, 1.54) is 0 Å². The molecule has 20 heavy (non-hydrogen) atoms. The molecule has 1 rings (SSSR count). The molecule has 2 atom stereocenters. The van der Waals surface area contributed by atoms with Gasteiger partial charge in [-0.1, -0.05) is 6.92 Å². The van der Waals surface area contributed by atoms with Gasteiger partial charge in [-0.05, 0) is 44.2 Å². The molecule has 0 aromatic carbocycles. The smallest absolute Gasteiger partial charge is 0.150 e. The van der Waals surface area contributed by atoms with Gasteiger partial charge in [-0.3, -0.25) is 0 Å². The highest BCUT2D eigenvalue weighted by molar-refractivity contribution is 7.91. The van der Waals surface area contributed by atoms with Gasteiger partial charge < -0.3 is 14.8 Å². The molecule has 0 saturated carbocycles. The van der Waals surface area contributed by atoms with Crippen molar-refractivity contribution in [3.63, 3.8) is 0 Å². The number of hydrogen-bond donors (Lipinski definition) is 1. The third-order valence-corrected chi connectivity index (χ3v) is 5.68. The van der Waals surface area contributed by atoms with Gasteiger partial charge >= 0.3 is 0 Å². The molecule has 1 aliphatic heterocycles. The predicted molar refractivity (Wildman–Crippen MR) is 80.7 cm³/mol. The fraction of sp³-hybridized carbons (Fsp3) is 1.00. The van der Waals surface area contributed by atoms with Crippen LogP contribution in [0.5, 0.6) is 0 Å². The van der Waals surface area contributed by atoms with E-state index in [4.69, 9.17) is 9.47 Å². The summed E-state index contributed by atoms with van der Waals surface area (Å²) in [7, 11) is -1.12. The molecular weight excluding hydrogens is 278 g/mol. The number of nitrogens with one attached hydrogen (secondary N) is 1. The van der Waals surface area contributed by atoms with Crippen molar-refractivity contribution in [3.8, 4) is 0 Å². The second kappa shape index (κ2) is 9.71. The number of methoxy groups -OCH3 is 1. The van der Waals surface area contributed by atoms with Crippen molar-refractivity contribution < 1.29 is 17.9 Å². The Kier molecular flexibility index (Phi) is 8.68. The summed E-state index contributed by atoms with van der Waals surface area (Å²) in [6, 6.07) is 0. The Bertz CT molecular complexity index is 345. The van der Waals surface area contributed by atoms with Crippen molar-refractivity contribution >= 4 is 9.84 Å². The lowest BCUT2D eigenvalue weighted by Crippen LogP contribution is -2.29. The second-order valence-electron chi connectivity index (χ2n) is 5.48. The van der Waals surface area contributed by atoms with Crippen LogP contribution in [0.1, 0.15) is 26.2 Å². The van der Waals surface area contributed by atoms with Crippen LogP contribution in [0.3, 0.4) is 0 Å². The molecule has 0 radical (unpaired) electrons. The van der Waals surface area contributed by atoms with Crippen molar-refractivity contribution in [2.24, 2.45) is 11.8 Å². The first-order chi connectivity index (χ1) is 9.59. The number of ether oxygens (including phenoxy) is 2. The van der Waals surface area contributed by atoms with Crippen LogP contribution in [0.2, 0.25) is 0 Å². The summed E-state index contributed by atoms with van der Waals surface area (Å²) < 4.78 is 33.6. The highest BCUT2D eigenvalue weighted by Gasteiger charge is 2.33. The van der Waals surface area contributed by atoms with Gasteiger partial charge in [0.1, 0.15) is 0 Å². The normalized spacial score (nSPS) is 23.0. The van der Waals surface area contributed by atoms with Crippen molar-refractivity contribution in [1.29, 1.82) is 0 Å². The molecule has 0 aromatic rings. The van der Waals surface area contributed by atoms with Crippen LogP contribution in [-0.2, 0) is 19.3 Å². The minimum atomic E-state index is -2.78. The van der Waals surface area contributed by atoms with E-state index in [1.54, 1.807) is 7.11 Å². The third kappa shape index (κ3) is 7.02. The molecule has 1 N–H and O–H groups in total. The zero-order valence-electron chi connectivity index (χ0n) is 12.8. The molecule has 1 saturated heterocycles. The minimum Gasteiger partial charge on any atom is -0.382 e. The molecule has 1 aliphatic rings. The minimum absolute atomic E-state index is 0.318.